The summed E-state index contributed by atoms with van der Waals surface area (Å²) in [5, 5.41) is 0. The predicted molar refractivity (Wildman–Crippen MR) is 46.8 cm³/mol. The van der Waals surface area contributed by atoms with E-state index in [-0.39, 0.29) is 12.4 Å². The van der Waals surface area contributed by atoms with Crippen molar-refractivity contribution in [3.63, 3.8) is 0 Å². The number of nitrogens with two attached hydrogens (primary N) is 1. The molecule has 0 spiro atoms. The largest absolute Gasteiger partial charge is 1.00 e. The van der Waals surface area contributed by atoms with Gasteiger partial charge in [0, 0.05) is 31.5 Å². The summed E-state index contributed by atoms with van der Waals surface area (Å²) in [4.78, 5) is 10.4. The second kappa shape index (κ2) is 4.39. The Hall–Kier alpha value is -0.870. The summed E-state index contributed by atoms with van der Waals surface area (Å²) >= 11 is 0. The highest BCUT2D eigenvalue weighted by Gasteiger charge is 2.19. The van der Waals surface area contributed by atoms with E-state index >= 15 is 0 Å². The number of hydrogen-bond acceptors (Lipinski definition) is 4. The maximum atomic E-state index is 5.77. The fourth-order valence-electron chi connectivity index (χ4n) is 1.45. The lowest BCUT2D eigenvalue weighted by Gasteiger charge is -2.15. The van der Waals surface area contributed by atoms with Crippen molar-refractivity contribution < 1.29 is 12.4 Å². The zero-order valence-electron chi connectivity index (χ0n) is 7.23. The Kier molecular flexibility index (Phi) is 3.45. The van der Waals surface area contributed by atoms with E-state index in [0.717, 1.165) is 25.3 Å². The summed E-state index contributed by atoms with van der Waals surface area (Å²) in [6.45, 7) is 1.90. The SMILES string of the molecule is N[C@H]1CCN(c2cnccn2)C1.[Cl-]. The summed E-state index contributed by atoms with van der Waals surface area (Å²) in [6, 6.07) is 0.298. The third kappa shape index (κ3) is 2.29. The Morgan fingerprint density at radius 2 is 2.31 bits per heavy atom. The van der Waals surface area contributed by atoms with Gasteiger partial charge in [-0.2, -0.15) is 0 Å². The Balaban J connectivity index is 0.000000845. The van der Waals surface area contributed by atoms with Gasteiger partial charge in [0.2, 0.25) is 0 Å². The molecule has 1 aromatic heterocycles. The minimum absolute atomic E-state index is 0. The molecule has 0 amide bonds. The lowest BCUT2D eigenvalue weighted by atomic mass is 10.3. The summed E-state index contributed by atoms with van der Waals surface area (Å²) < 4.78 is 0. The molecule has 2 rings (SSSR count). The van der Waals surface area contributed by atoms with Gasteiger partial charge in [-0.25, -0.2) is 4.98 Å². The van der Waals surface area contributed by atoms with Crippen LogP contribution in [0.1, 0.15) is 6.42 Å². The molecule has 2 heterocycles. The van der Waals surface area contributed by atoms with Crippen molar-refractivity contribution in [1.82, 2.24) is 9.97 Å². The van der Waals surface area contributed by atoms with Crippen LogP contribution in [0.3, 0.4) is 0 Å². The molecular weight excluding hydrogens is 188 g/mol. The second-order valence-electron chi connectivity index (χ2n) is 3.06. The molecule has 0 saturated carbocycles. The number of halogens is 1. The van der Waals surface area contributed by atoms with Gasteiger partial charge in [0.25, 0.3) is 0 Å². The minimum Gasteiger partial charge on any atom is -1.00 e. The number of nitrogens with zero attached hydrogens (tertiary/aromatic N) is 3. The Morgan fingerprint density at radius 1 is 1.46 bits per heavy atom. The van der Waals surface area contributed by atoms with Gasteiger partial charge in [0.05, 0.1) is 6.20 Å². The maximum absolute atomic E-state index is 5.77. The number of anilines is 1. The van der Waals surface area contributed by atoms with E-state index in [2.05, 4.69) is 14.9 Å². The first-order valence-electron chi connectivity index (χ1n) is 4.13. The molecule has 1 aromatic rings. The van der Waals surface area contributed by atoms with E-state index in [1.807, 2.05) is 0 Å². The van der Waals surface area contributed by atoms with Crippen LogP contribution in [0.15, 0.2) is 18.6 Å². The predicted octanol–water partition coefficient (Wildman–Crippen LogP) is -2.98. The van der Waals surface area contributed by atoms with Crippen LogP contribution in [0.5, 0.6) is 0 Å². The standard InChI is InChI=1S/C8H12N4.ClH/c9-7-1-4-12(6-7)8-5-10-2-3-11-8;/h2-3,5,7H,1,4,6,9H2;1H/p-1/t7-;/m0./s1. The zero-order valence-corrected chi connectivity index (χ0v) is 7.98. The molecule has 1 saturated heterocycles. The van der Waals surface area contributed by atoms with E-state index in [0.29, 0.717) is 6.04 Å². The van der Waals surface area contributed by atoms with Gasteiger partial charge in [0.15, 0.2) is 0 Å². The van der Waals surface area contributed by atoms with Gasteiger partial charge in [-0.05, 0) is 6.42 Å². The van der Waals surface area contributed by atoms with Crippen LogP contribution in [0, 0.1) is 0 Å². The molecule has 1 fully saturated rings. The summed E-state index contributed by atoms with van der Waals surface area (Å²) in [6.07, 6.45) is 6.22. The molecule has 13 heavy (non-hydrogen) atoms. The van der Waals surface area contributed by atoms with Crippen molar-refractivity contribution >= 4 is 5.82 Å². The van der Waals surface area contributed by atoms with Crippen LogP contribution in [0.4, 0.5) is 5.82 Å². The monoisotopic (exact) mass is 199 g/mol. The van der Waals surface area contributed by atoms with E-state index in [1.54, 1.807) is 18.6 Å². The summed E-state index contributed by atoms with van der Waals surface area (Å²) in [7, 11) is 0. The zero-order chi connectivity index (χ0) is 8.39. The number of aromatic nitrogens is 2. The van der Waals surface area contributed by atoms with Gasteiger partial charge in [0.1, 0.15) is 5.82 Å². The van der Waals surface area contributed by atoms with Crippen molar-refractivity contribution in [2.45, 2.75) is 12.5 Å². The second-order valence-corrected chi connectivity index (χ2v) is 3.06. The molecular formula is C8H12ClN4-. The molecule has 0 radical (unpaired) electrons. The van der Waals surface area contributed by atoms with Gasteiger partial charge in [-0.1, -0.05) is 0 Å². The Bertz CT molecular complexity index is 254. The third-order valence-electron chi connectivity index (χ3n) is 2.10. The van der Waals surface area contributed by atoms with Gasteiger partial charge in [-0.3, -0.25) is 4.98 Å². The van der Waals surface area contributed by atoms with Crippen molar-refractivity contribution in [2.24, 2.45) is 5.73 Å². The quantitative estimate of drug-likeness (QED) is 0.525. The van der Waals surface area contributed by atoms with Gasteiger partial charge < -0.3 is 23.0 Å². The average Bonchev–Trinajstić information content (AvgIpc) is 2.54. The lowest BCUT2D eigenvalue weighted by Crippen LogP contribution is -3.00. The number of hydrogen-bond donors (Lipinski definition) is 1. The third-order valence-corrected chi connectivity index (χ3v) is 2.10. The number of rotatable bonds is 1. The van der Waals surface area contributed by atoms with E-state index < -0.39 is 0 Å². The van der Waals surface area contributed by atoms with Crippen molar-refractivity contribution in [3.8, 4) is 0 Å². The first-order valence-corrected chi connectivity index (χ1v) is 4.13. The van der Waals surface area contributed by atoms with E-state index in [4.69, 9.17) is 5.73 Å². The van der Waals surface area contributed by atoms with Crippen LogP contribution in [0.25, 0.3) is 0 Å². The molecule has 1 aliphatic heterocycles. The van der Waals surface area contributed by atoms with Crippen LogP contribution in [0.2, 0.25) is 0 Å². The van der Waals surface area contributed by atoms with E-state index in [9.17, 15) is 0 Å². The van der Waals surface area contributed by atoms with Crippen molar-refractivity contribution in [1.29, 1.82) is 0 Å². The maximum Gasteiger partial charge on any atom is 0.147 e. The van der Waals surface area contributed by atoms with Crippen molar-refractivity contribution in [2.75, 3.05) is 18.0 Å². The lowest BCUT2D eigenvalue weighted by molar-refractivity contribution is -0.00000272. The van der Waals surface area contributed by atoms with E-state index in [1.165, 1.54) is 0 Å². The molecule has 0 aromatic carbocycles. The smallest absolute Gasteiger partial charge is 0.147 e. The Morgan fingerprint density at radius 3 is 2.85 bits per heavy atom. The minimum atomic E-state index is 0. The highest BCUT2D eigenvalue weighted by atomic mass is 35.5. The molecule has 0 bridgehead atoms. The topological polar surface area (TPSA) is 55.0 Å². The average molecular weight is 200 g/mol. The molecule has 1 aliphatic rings. The first-order chi connectivity index (χ1) is 5.86. The first kappa shape index (κ1) is 10.2. The highest BCUT2D eigenvalue weighted by Crippen LogP contribution is 2.14. The molecule has 4 nitrogen and oxygen atoms in total. The molecule has 0 unspecified atom stereocenters. The molecule has 72 valence electrons. The normalized spacial score (nSPS) is 21.3. The van der Waals surface area contributed by atoms with Gasteiger partial charge >= 0.3 is 0 Å². The molecule has 0 aliphatic carbocycles. The Labute approximate surface area is 83.6 Å². The van der Waals surface area contributed by atoms with Crippen LogP contribution < -0.4 is 23.0 Å². The van der Waals surface area contributed by atoms with Crippen LogP contribution >= 0.6 is 0 Å². The highest BCUT2D eigenvalue weighted by molar-refractivity contribution is 5.36. The molecule has 5 heteroatoms. The van der Waals surface area contributed by atoms with Crippen molar-refractivity contribution in [3.05, 3.63) is 18.6 Å². The fourth-order valence-corrected chi connectivity index (χ4v) is 1.45. The van der Waals surface area contributed by atoms with Crippen LogP contribution in [-0.4, -0.2) is 29.1 Å². The summed E-state index contributed by atoms with van der Waals surface area (Å²) in [5.41, 5.74) is 5.77. The van der Waals surface area contributed by atoms with Crippen LogP contribution in [-0.2, 0) is 0 Å². The van der Waals surface area contributed by atoms with Gasteiger partial charge in [-0.15, -0.1) is 0 Å². The molecule has 1 atom stereocenters. The fraction of sp³-hybridized carbons (Fsp3) is 0.500. The summed E-state index contributed by atoms with van der Waals surface area (Å²) in [5.74, 6) is 0.936. The molecule has 2 N–H and O–H groups in total.